The van der Waals surface area contributed by atoms with Crippen LogP contribution in [0.1, 0.15) is 30.0 Å². The van der Waals surface area contributed by atoms with Gasteiger partial charge in [0.15, 0.2) is 0 Å². The van der Waals surface area contributed by atoms with E-state index < -0.39 is 5.56 Å². The number of aliphatic hydroxyl groups is 1. The van der Waals surface area contributed by atoms with Crippen molar-refractivity contribution < 1.29 is 9.84 Å². The number of ether oxygens (including phenoxy) is 1. The summed E-state index contributed by atoms with van der Waals surface area (Å²) in [5.41, 5.74) is 5.92. The van der Waals surface area contributed by atoms with Gasteiger partial charge in [0.2, 0.25) is 0 Å². The number of anilines is 1. The van der Waals surface area contributed by atoms with Crippen molar-refractivity contribution >= 4 is 5.82 Å². The number of nitriles is 2. The standard InChI is InChI=1S/C17H16N4O3/c1-2-5-24-14-4-3-10(6-11(14)9-22)15-12(7-18)16(20)21-17(23)13(15)8-19/h3-4,6,22H,2,5,9H2,1H3,(H3,20,21,23). The number of nitrogens with two attached hydrogens (primary N) is 1. The molecule has 0 aliphatic heterocycles. The second kappa shape index (κ2) is 7.32. The highest BCUT2D eigenvalue weighted by atomic mass is 16.5. The lowest BCUT2D eigenvalue weighted by atomic mass is 9.95. The van der Waals surface area contributed by atoms with Crippen LogP contribution >= 0.6 is 0 Å². The first-order valence-electron chi connectivity index (χ1n) is 7.30. The predicted octanol–water partition coefficient (Wildman–Crippen LogP) is 1.65. The molecule has 1 aromatic heterocycles. The van der Waals surface area contributed by atoms with Crippen LogP contribution in [0, 0.1) is 22.7 Å². The number of aromatic nitrogens is 1. The quantitative estimate of drug-likeness (QED) is 0.765. The summed E-state index contributed by atoms with van der Waals surface area (Å²) < 4.78 is 5.55. The lowest BCUT2D eigenvalue weighted by molar-refractivity contribution is 0.263. The van der Waals surface area contributed by atoms with Gasteiger partial charge in [0.05, 0.1) is 13.2 Å². The van der Waals surface area contributed by atoms with Gasteiger partial charge < -0.3 is 20.6 Å². The van der Waals surface area contributed by atoms with E-state index in [1.807, 2.05) is 13.0 Å². The van der Waals surface area contributed by atoms with Gasteiger partial charge in [-0.1, -0.05) is 13.0 Å². The lowest BCUT2D eigenvalue weighted by Crippen LogP contribution is -2.16. The summed E-state index contributed by atoms with van der Waals surface area (Å²) in [6.07, 6.45) is 0.814. The van der Waals surface area contributed by atoms with Crippen LogP contribution in [0.5, 0.6) is 5.75 Å². The molecular weight excluding hydrogens is 308 g/mol. The number of nitrogens with zero attached hydrogens (tertiary/aromatic N) is 2. The van der Waals surface area contributed by atoms with Crippen molar-refractivity contribution in [1.29, 1.82) is 10.5 Å². The van der Waals surface area contributed by atoms with Crippen LogP contribution in [0.2, 0.25) is 0 Å². The average Bonchev–Trinajstić information content (AvgIpc) is 2.59. The van der Waals surface area contributed by atoms with Crippen molar-refractivity contribution in [2.75, 3.05) is 12.3 Å². The minimum Gasteiger partial charge on any atom is -0.493 e. The summed E-state index contributed by atoms with van der Waals surface area (Å²) in [5.74, 6) is 0.409. The van der Waals surface area contributed by atoms with Crippen LogP contribution in [-0.4, -0.2) is 16.7 Å². The lowest BCUT2D eigenvalue weighted by Gasteiger charge is -2.13. The number of rotatable bonds is 5. The highest BCUT2D eigenvalue weighted by molar-refractivity contribution is 5.80. The van der Waals surface area contributed by atoms with E-state index in [0.717, 1.165) is 6.42 Å². The molecule has 0 fully saturated rings. The fourth-order valence-corrected chi connectivity index (χ4v) is 2.34. The number of nitrogen functional groups attached to an aromatic ring is 1. The first-order valence-corrected chi connectivity index (χ1v) is 7.30. The first-order chi connectivity index (χ1) is 11.6. The Bertz CT molecular complexity index is 904. The van der Waals surface area contributed by atoms with E-state index in [1.165, 1.54) is 0 Å². The van der Waals surface area contributed by atoms with E-state index >= 15 is 0 Å². The van der Waals surface area contributed by atoms with E-state index in [-0.39, 0.29) is 29.1 Å². The van der Waals surface area contributed by atoms with Crippen molar-refractivity contribution in [3.8, 4) is 29.0 Å². The minimum absolute atomic E-state index is 0.0114. The highest BCUT2D eigenvalue weighted by Crippen LogP contribution is 2.31. The van der Waals surface area contributed by atoms with E-state index in [9.17, 15) is 20.4 Å². The molecule has 0 spiro atoms. The molecule has 0 amide bonds. The molecule has 0 radical (unpaired) electrons. The zero-order chi connectivity index (χ0) is 17.7. The number of pyridine rings is 1. The molecule has 24 heavy (non-hydrogen) atoms. The fraction of sp³-hybridized carbons (Fsp3) is 0.235. The maximum atomic E-state index is 12.0. The molecule has 1 aromatic carbocycles. The van der Waals surface area contributed by atoms with E-state index in [1.54, 1.807) is 24.3 Å². The monoisotopic (exact) mass is 324 g/mol. The molecule has 122 valence electrons. The molecule has 2 rings (SSSR count). The highest BCUT2D eigenvalue weighted by Gasteiger charge is 2.19. The Morgan fingerprint density at radius 2 is 2.00 bits per heavy atom. The average molecular weight is 324 g/mol. The maximum Gasteiger partial charge on any atom is 0.268 e. The molecule has 0 bridgehead atoms. The normalized spacial score (nSPS) is 10.0. The van der Waals surface area contributed by atoms with Gasteiger partial charge in [0.25, 0.3) is 5.56 Å². The molecule has 0 atom stereocenters. The molecular formula is C17H16N4O3. The van der Waals surface area contributed by atoms with Crippen molar-refractivity contribution in [3.63, 3.8) is 0 Å². The van der Waals surface area contributed by atoms with Gasteiger partial charge in [-0.05, 0) is 24.1 Å². The van der Waals surface area contributed by atoms with Crippen molar-refractivity contribution in [2.45, 2.75) is 20.0 Å². The van der Waals surface area contributed by atoms with E-state index in [0.29, 0.717) is 23.5 Å². The van der Waals surface area contributed by atoms with E-state index in [4.69, 9.17) is 10.5 Å². The van der Waals surface area contributed by atoms with Gasteiger partial charge >= 0.3 is 0 Å². The zero-order valence-corrected chi connectivity index (χ0v) is 13.1. The molecule has 0 aliphatic rings. The SMILES string of the molecule is CCCOc1ccc(-c2c(C#N)c(N)[nH]c(=O)c2C#N)cc1CO. The van der Waals surface area contributed by atoms with Crippen LogP contribution in [0.15, 0.2) is 23.0 Å². The van der Waals surface area contributed by atoms with Crippen molar-refractivity contribution in [2.24, 2.45) is 0 Å². The molecule has 7 heteroatoms. The third-order valence-electron chi connectivity index (χ3n) is 3.45. The third-order valence-corrected chi connectivity index (χ3v) is 3.45. The van der Waals surface area contributed by atoms with Gasteiger partial charge in [-0.25, -0.2) is 0 Å². The second-order valence-corrected chi connectivity index (χ2v) is 5.05. The Morgan fingerprint density at radius 3 is 2.58 bits per heavy atom. The number of aromatic amines is 1. The predicted molar refractivity (Wildman–Crippen MR) is 88.0 cm³/mol. The summed E-state index contributed by atoms with van der Waals surface area (Å²) in [6, 6.07) is 8.56. The van der Waals surface area contributed by atoms with Gasteiger partial charge in [-0.3, -0.25) is 4.79 Å². The van der Waals surface area contributed by atoms with Gasteiger partial charge in [0, 0.05) is 11.1 Å². The molecule has 0 unspecified atom stereocenters. The summed E-state index contributed by atoms with van der Waals surface area (Å²) in [6.45, 7) is 2.18. The Kier molecular flexibility index (Phi) is 5.20. The van der Waals surface area contributed by atoms with Gasteiger partial charge in [-0.2, -0.15) is 10.5 Å². The van der Waals surface area contributed by atoms with Crippen LogP contribution in [-0.2, 0) is 6.61 Å². The molecule has 0 saturated carbocycles. The molecule has 0 saturated heterocycles. The topological polar surface area (TPSA) is 136 Å². The van der Waals surface area contributed by atoms with Crippen molar-refractivity contribution in [1.82, 2.24) is 4.98 Å². The second-order valence-electron chi connectivity index (χ2n) is 5.05. The number of hydrogen-bond donors (Lipinski definition) is 3. The fourth-order valence-electron chi connectivity index (χ4n) is 2.34. The Balaban J connectivity index is 2.71. The van der Waals surface area contributed by atoms with Crippen molar-refractivity contribution in [3.05, 3.63) is 45.2 Å². The van der Waals surface area contributed by atoms with Gasteiger partial charge in [-0.15, -0.1) is 0 Å². The smallest absolute Gasteiger partial charge is 0.268 e. The van der Waals surface area contributed by atoms with E-state index in [2.05, 4.69) is 4.98 Å². The summed E-state index contributed by atoms with van der Waals surface area (Å²) in [7, 11) is 0. The number of aliphatic hydroxyl groups excluding tert-OH is 1. The maximum absolute atomic E-state index is 12.0. The van der Waals surface area contributed by atoms with Crippen LogP contribution in [0.3, 0.4) is 0 Å². The number of benzene rings is 1. The molecule has 7 nitrogen and oxygen atoms in total. The first kappa shape index (κ1) is 17.1. The van der Waals surface area contributed by atoms with Gasteiger partial charge in [0.1, 0.15) is 34.8 Å². The van der Waals surface area contributed by atoms with Crippen LogP contribution in [0.25, 0.3) is 11.1 Å². The summed E-state index contributed by atoms with van der Waals surface area (Å²) >= 11 is 0. The Hall–Kier alpha value is -3.29. The molecule has 0 aliphatic carbocycles. The third kappa shape index (κ3) is 3.07. The summed E-state index contributed by atoms with van der Waals surface area (Å²) in [5, 5.41) is 28.2. The van der Waals surface area contributed by atoms with Crippen LogP contribution < -0.4 is 16.0 Å². The number of hydrogen-bond acceptors (Lipinski definition) is 6. The van der Waals surface area contributed by atoms with Crippen LogP contribution in [0.4, 0.5) is 5.82 Å². The minimum atomic E-state index is -0.666. The summed E-state index contributed by atoms with van der Waals surface area (Å²) in [4.78, 5) is 14.2. The zero-order valence-electron chi connectivity index (χ0n) is 13.1. The Morgan fingerprint density at radius 1 is 1.29 bits per heavy atom. The molecule has 2 aromatic rings. The molecule has 1 heterocycles. The Labute approximate surface area is 138 Å². The number of nitrogens with one attached hydrogen (secondary N) is 1. The molecule has 4 N–H and O–H groups in total. The number of H-pyrrole nitrogens is 1. The largest absolute Gasteiger partial charge is 0.493 e.